The molecule has 0 unspecified atom stereocenters. The fourth-order valence-corrected chi connectivity index (χ4v) is 21.0. The summed E-state index contributed by atoms with van der Waals surface area (Å²) in [6.07, 6.45) is 25.0. The normalized spacial score (nSPS) is 11.9. The molecule has 2 aromatic carbocycles. The molecular formula is C68H70N4S10. The first-order valence-electron chi connectivity index (χ1n) is 29.8. The van der Waals surface area contributed by atoms with Crippen molar-refractivity contribution in [3.8, 4) is 91.9 Å². The minimum Gasteiger partial charge on any atom is -0.172 e. The van der Waals surface area contributed by atoms with Crippen LogP contribution in [-0.4, -0.2) is 17.5 Å². The Kier molecular flexibility index (Phi) is 19.7. The third kappa shape index (κ3) is 13.1. The molecule has 0 N–H and O–H groups in total. The lowest BCUT2D eigenvalue weighted by Gasteiger charge is -2.17. The summed E-state index contributed by atoms with van der Waals surface area (Å²) in [6, 6.07) is 42.5. The van der Waals surface area contributed by atoms with E-state index >= 15 is 0 Å². The van der Waals surface area contributed by atoms with E-state index in [2.05, 4.69) is 137 Å². The number of benzene rings is 2. The molecule has 82 heavy (non-hydrogen) atoms. The van der Waals surface area contributed by atoms with Crippen LogP contribution in [-0.2, 0) is 25.7 Å². The Labute approximate surface area is 525 Å². The molecule has 0 aliphatic rings. The molecular weight excluding hydrogens is 1190 g/mol. The predicted molar refractivity (Wildman–Crippen MR) is 372 cm³/mol. The van der Waals surface area contributed by atoms with Crippen LogP contribution in [0.25, 0.3) is 114 Å². The van der Waals surface area contributed by atoms with Crippen molar-refractivity contribution in [2.75, 3.05) is 0 Å². The summed E-state index contributed by atoms with van der Waals surface area (Å²) >= 11 is 18.0. The van der Waals surface area contributed by atoms with E-state index in [-0.39, 0.29) is 0 Å². The van der Waals surface area contributed by atoms with Crippen molar-refractivity contribution in [2.45, 2.75) is 156 Å². The second kappa shape index (κ2) is 27.8. The highest BCUT2D eigenvalue weighted by Gasteiger charge is 2.28. The van der Waals surface area contributed by atoms with E-state index in [0.717, 1.165) is 81.1 Å². The van der Waals surface area contributed by atoms with E-state index in [4.69, 9.17) is 17.5 Å². The van der Waals surface area contributed by atoms with Gasteiger partial charge >= 0.3 is 0 Å². The topological polar surface area (TPSA) is 51.6 Å². The van der Waals surface area contributed by atoms with Crippen molar-refractivity contribution in [3.05, 3.63) is 129 Å². The lowest BCUT2D eigenvalue weighted by molar-refractivity contribution is 0.670. The maximum Gasteiger partial charge on any atom is 0.114 e. The summed E-state index contributed by atoms with van der Waals surface area (Å²) in [5.41, 5.74) is 10.7. The minimum atomic E-state index is 0.955. The van der Waals surface area contributed by atoms with Gasteiger partial charge < -0.3 is 0 Å². The van der Waals surface area contributed by atoms with Gasteiger partial charge in [-0.3, -0.25) is 0 Å². The molecule has 422 valence electrons. The quantitative estimate of drug-likeness (QED) is 0.0439. The summed E-state index contributed by atoms with van der Waals surface area (Å²) in [4.78, 5) is 21.3. The standard InChI is InChI=1S/C68H70N4S10/c1-5-9-13-17-21-43-25-29-53(73-43)57-35-33-51(77-57)49-41-47(63(67-65(49)69-81-71-67)61-39-37-59(79-61)55-31-27-45(75-55)23-19-15-11-7-3)48-42-50(52-34-36-58(78-52)54-30-26-44(74-54)22-18-14-10-6-2)66-68(72-82-70-66)64(48)62-40-38-60(80-62)56-32-28-46(76-56)24-20-16-12-8-4/h25-42H,5-24H2,1-4H3. The molecule has 10 aromatic heterocycles. The molecule has 0 atom stereocenters. The number of thiophene rings is 8. The average Bonchev–Trinajstić information content (AvgIpc) is 3.41. The number of rotatable bonds is 29. The van der Waals surface area contributed by atoms with Gasteiger partial charge in [0.1, 0.15) is 22.1 Å². The summed E-state index contributed by atoms with van der Waals surface area (Å²) in [7, 11) is 0. The maximum absolute atomic E-state index is 5.32. The first kappa shape index (κ1) is 58.1. The van der Waals surface area contributed by atoms with Crippen molar-refractivity contribution >= 4 is 136 Å². The molecule has 12 rings (SSSR count). The molecule has 0 bridgehead atoms. The van der Waals surface area contributed by atoms with Gasteiger partial charge in [0.05, 0.1) is 23.5 Å². The van der Waals surface area contributed by atoms with Crippen molar-refractivity contribution < 1.29 is 0 Å². The number of unbranched alkanes of at least 4 members (excludes halogenated alkanes) is 12. The highest BCUT2D eigenvalue weighted by molar-refractivity contribution is 7.26. The number of nitrogens with zero attached hydrogens (tertiary/aromatic N) is 4. The van der Waals surface area contributed by atoms with E-state index in [1.54, 1.807) is 0 Å². The van der Waals surface area contributed by atoms with Crippen molar-refractivity contribution in [3.63, 3.8) is 0 Å². The van der Waals surface area contributed by atoms with Crippen LogP contribution in [0.3, 0.4) is 0 Å². The average molecular weight is 1260 g/mol. The Morgan fingerprint density at radius 1 is 0.244 bits per heavy atom. The highest BCUT2D eigenvalue weighted by Crippen LogP contribution is 2.54. The zero-order valence-corrected chi connectivity index (χ0v) is 55.6. The molecule has 0 saturated heterocycles. The van der Waals surface area contributed by atoms with Gasteiger partial charge in [0.15, 0.2) is 0 Å². The Bertz CT molecular complexity index is 3740. The number of hydrogen-bond donors (Lipinski definition) is 0. The lowest BCUT2D eigenvalue weighted by Crippen LogP contribution is -1.94. The van der Waals surface area contributed by atoms with Crippen LogP contribution in [0.4, 0.5) is 0 Å². The smallest absolute Gasteiger partial charge is 0.114 e. The van der Waals surface area contributed by atoms with E-state index in [0.29, 0.717) is 0 Å². The van der Waals surface area contributed by atoms with E-state index in [1.165, 1.54) is 204 Å². The summed E-state index contributed by atoms with van der Waals surface area (Å²) in [5, 5.41) is 0. The number of fused-ring (bicyclic) bond motifs is 2. The molecule has 12 aromatic rings. The molecule has 10 heterocycles. The van der Waals surface area contributed by atoms with Gasteiger partial charge in [0.25, 0.3) is 0 Å². The molecule has 0 fully saturated rings. The first-order chi connectivity index (χ1) is 40.5. The fraction of sp³-hybridized carbons (Fsp3) is 0.353. The number of aromatic nitrogens is 4. The third-order valence-corrected chi connectivity index (χ3v) is 26.4. The second-order valence-corrected chi connectivity index (χ2v) is 31.6. The van der Waals surface area contributed by atoms with Crippen LogP contribution in [0, 0.1) is 0 Å². The SMILES string of the molecule is CCCCCCc1ccc(-c2ccc(-c3cc(-c4cc(-c5ccc(-c6ccc(CCCCCC)s6)s5)c5nsnc5c4-c4ccc(-c5ccc(CCCCCC)s5)s4)c(-c4ccc(-c5ccc(CCCCCC)s5)s4)c4nsnc34)s2)s1. The summed E-state index contributed by atoms with van der Waals surface area (Å²) < 4.78 is 21.0. The monoisotopic (exact) mass is 1260 g/mol. The van der Waals surface area contributed by atoms with E-state index < -0.39 is 0 Å². The van der Waals surface area contributed by atoms with Crippen LogP contribution >= 0.6 is 114 Å². The largest absolute Gasteiger partial charge is 0.172 e. The molecule has 0 aliphatic heterocycles. The predicted octanol–water partition coefficient (Wildman–Crippen LogP) is 25.7. The van der Waals surface area contributed by atoms with Crippen LogP contribution in [0.15, 0.2) is 109 Å². The van der Waals surface area contributed by atoms with E-state index in [1.807, 2.05) is 90.7 Å². The molecule has 0 saturated carbocycles. The second-order valence-electron chi connectivity index (χ2n) is 21.6. The van der Waals surface area contributed by atoms with E-state index in [9.17, 15) is 0 Å². The highest BCUT2D eigenvalue weighted by atomic mass is 32.1. The van der Waals surface area contributed by atoms with Crippen molar-refractivity contribution in [2.24, 2.45) is 0 Å². The molecule has 0 aliphatic carbocycles. The number of hydrogen-bond acceptors (Lipinski definition) is 14. The minimum absolute atomic E-state index is 0.955. The van der Waals surface area contributed by atoms with Gasteiger partial charge in [-0.15, -0.1) is 90.7 Å². The molecule has 14 heteroatoms. The summed E-state index contributed by atoms with van der Waals surface area (Å²) in [5.74, 6) is 0. The van der Waals surface area contributed by atoms with Gasteiger partial charge in [-0.2, -0.15) is 17.5 Å². The van der Waals surface area contributed by atoms with Gasteiger partial charge in [-0.05, 0) is 172 Å². The Hall–Kier alpha value is -4.32. The van der Waals surface area contributed by atoms with Gasteiger partial charge in [0, 0.05) is 100 Å². The molecule has 4 nitrogen and oxygen atoms in total. The zero-order chi connectivity index (χ0) is 55.8. The summed E-state index contributed by atoms with van der Waals surface area (Å²) in [6.45, 7) is 9.17. The van der Waals surface area contributed by atoms with Gasteiger partial charge in [0.2, 0.25) is 0 Å². The molecule has 0 spiro atoms. The number of aryl methyl sites for hydroxylation is 4. The molecule has 0 amide bonds. The maximum atomic E-state index is 5.32. The lowest BCUT2D eigenvalue weighted by atomic mass is 9.88. The molecule has 0 radical (unpaired) electrons. The van der Waals surface area contributed by atoms with Gasteiger partial charge in [-0.25, -0.2) is 0 Å². The Morgan fingerprint density at radius 3 is 0.817 bits per heavy atom. The van der Waals surface area contributed by atoms with Crippen LogP contribution < -0.4 is 0 Å². The first-order valence-corrected chi connectivity index (χ1v) is 37.8. The van der Waals surface area contributed by atoms with Crippen LogP contribution in [0.5, 0.6) is 0 Å². The van der Waals surface area contributed by atoms with Gasteiger partial charge in [-0.1, -0.05) is 105 Å². The fourth-order valence-electron chi connectivity index (χ4n) is 11.1. The van der Waals surface area contributed by atoms with Crippen LogP contribution in [0.2, 0.25) is 0 Å². The Morgan fingerprint density at radius 2 is 0.500 bits per heavy atom. The van der Waals surface area contributed by atoms with Crippen molar-refractivity contribution in [1.82, 2.24) is 17.5 Å². The van der Waals surface area contributed by atoms with Crippen molar-refractivity contribution in [1.29, 1.82) is 0 Å². The third-order valence-electron chi connectivity index (χ3n) is 15.5. The Balaban J connectivity index is 1.02. The zero-order valence-electron chi connectivity index (χ0n) is 47.4. The van der Waals surface area contributed by atoms with Crippen LogP contribution in [0.1, 0.15) is 150 Å².